The standard InChI is InChI=1S/C26H18N2O5/c29-23(21-13-27-22-11-4-3-8-18(21)22)15-33-26(32)17-7-5-6-16(12-17)14-28-24(30)19-9-1-2-10-20(19)25(28)31/h1-13,27H,14-15H2. The molecule has 0 aliphatic carbocycles. The van der Waals surface area contributed by atoms with Crippen molar-refractivity contribution >= 4 is 34.5 Å². The van der Waals surface area contributed by atoms with Gasteiger partial charge >= 0.3 is 5.97 Å². The normalized spacial score (nSPS) is 12.8. The summed E-state index contributed by atoms with van der Waals surface area (Å²) in [5, 5.41) is 0.765. The number of Topliss-reactive ketones (excluding diaryl/α,β-unsaturated/α-hetero) is 1. The second-order valence-corrected chi connectivity index (χ2v) is 7.69. The third-order valence-electron chi connectivity index (χ3n) is 5.61. The van der Waals surface area contributed by atoms with Gasteiger partial charge < -0.3 is 9.72 Å². The highest BCUT2D eigenvalue weighted by Crippen LogP contribution is 2.24. The molecule has 7 nitrogen and oxygen atoms in total. The van der Waals surface area contributed by atoms with Crippen molar-refractivity contribution < 1.29 is 23.9 Å². The lowest BCUT2D eigenvalue weighted by Crippen LogP contribution is -2.29. The number of aromatic nitrogens is 1. The van der Waals surface area contributed by atoms with Gasteiger partial charge in [-0.2, -0.15) is 0 Å². The molecule has 5 rings (SSSR count). The summed E-state index contributed by atoms with van der Waals surface area (Å²) in [4.78, 5) is 54.4. The Morgan fingerprint density at radius 2 is 1.55 bits per heavy atom. The van der Waals surface area contributed by atoms with E-state index in [-0.39, 0.29) is 29.7 Å². The van der Waals surface area contributed by atoms with Gasteiger partial charge in [0.15, 0.2) is 6.61 Å². The Kier molecular flexibility index (Phi) is 5.06. The van der Waals surface area contributed by atoms with E-state index in [0.29, 0.717) is 22.3 Å². The quantitative estimate of drug-likeness (QED) is 0.279. The minimum Gasteiger partial charge on any atom is -0.454 e. The predicted molar refractivity (Wildman–Crippen MR) is 120 cm³/mol. The number of carbonyl (C=O) groups is 4. The van der Waals surface area contributed by atoms with Gasteiger partial charge in [0, 0.05) is 22.7 Å². The van der Waals surface area contributed by atoms with Crippen LogP contribution in [0.5, 0.6) is 0 Å². The van der Waals surface area contributed by atoms with Crippen LogP contribution in [-0.4, -0.2) is 40.1 Å². The molecule has 0 saturated heterocycles. The van der Waals surface area contributed by atoms with E-state index in [1.54, 1.807) is 54.7 Å². The number of aromatic amines is 1. The summed E-state index contributed by atoms with van der Waals surface area (Å²) in [6, 6.07) is 20.5. The Morgan fingerprint density at radius 1 is 0.848 bits per heavy atom. The summed E-state index contributed by atoms with van der Waals surface area (Å²) in [5.41, 5.74) is 2.85. The van der Waals surface area contributed by atoms with Crippen molar-refractivity contribution in [2.75, 3.05) is 6.61 Å². The number of nitrogens with zero attached hydrogens (tertiary/aromatic N) is 1. The van der Waals surface area contributed by atoms with E-state index < -0.39 is 12.6 Å². The van der Waals surface area contributed by atoms with Crippen molar-refractivity contribution in [2.24, 2.45) is 0 Å². The number of para-hydroxylation sites is 1. The molecule has 0 saturated carbocycles. The van der Waals surface area contributed by atoms with Gasteiger partial charge in [0.1, 0.15) is 0 Å². The fraction of sp³-hybridized carbons (Fsp3) is 0.0769. The molecule has 7 heteroatoms. The van der Waals surface area contributed by atoms with Gasteiger partial charge in [0.2, 0.25) is 5.78 Å². The van der Waals surface area contributed by atoms with Crippen LogP contribution in [0.4, 0.5) is 0 Å². The van der Waals surface area contributed by atoms with Crippen LogP contribution in [0.25, 0.3) is 10.9 Å². The third kappa shape index (κ3) is 3.70. The van der Waals surface area contributed by atoms with E-state index in [2.05, 4.69) is 4.98 Å². The molecule has 0 fully saturated rings. The molecular weight excluding hydrogens is 420 g/mol. The van der Waals surface area contributed by atoms with E-state index >= 15 is 0 Å². The Balaban J connectivity index is 1.26. The molecule has 2 amide bonds. The molecule has 0 atom stereocenters. The number of hydrogen-bond donors (Lipinski definition) is 1. The van der Waals surface area contributed by atoms with E-state index in [1.165, 1.54) is 0 Å². The minimum absolute atomic E-state index is 0.0295. The Hall–Kier alpha value is -4.52. The summed E-state index contributed by atoms with van der Waals surface area (Å²) in [5.74, 6) is -1.71. The molecule has 1 aromatic heterocycles. The van der Waals surface area contributed by atoms with Gasteiger partial charge in [0.25, 0.3) is 11.8 Å². The highest BCUT2D eigenvalue weighted by atomic mass is 16.5. The number of H-pyrrole nitrogens is 1. The molecule has 33 heavy (non-hydrogen) atoms. The number of fused-ring (bicyclic) bond motifs is 2. The molecule has 1 N–H and O–H groups in total. The van der Waals surface area contributed by atoms with Crippen molar-refractivity contribution in [3.8, 4) is 0 Å². The van der Waals surface area contributed by atoms with Crippen LogP contribution >= 0.6 is 0 Å². The maximum Gasteiger partial charge on any atom is 0.338 e. The van der Waals surface area contributed by atoms with Crippen LogP contribution < -0.4 is 0 Å². The third-order valence-corrected chi connectivity index (χ3v) is 5.61. The van der Waals surface area contributed by atoms with Crippen molar-refractivity contribution in [1.82, 2.24) is 9.88 Å². The molecular formula is C26H18N2O5. The zero-order valence-corrected chi connectivity index (χ0v) is 17.4. The zero-order valence-electron chi connectivity index (χ0n) is 17.4. The van der Waals surface area contributed by atoms with Crippen molar-refractivity contribution in [3.63, 3.8) is 0 Å². The molecule has 0 radical (unpaired) electrons. The summed E-state index contributed by atoms with van der Waals surface area (Å²) in [7, 11) is 0. The number of ether oxygens (including phenoxy) is 1. The number of rotatable bonds is 6. The Labute approximate surface area is 188 Å². The van der Waals surface area contributed by atoms with Crippen LogP contribution in [0.1, 0.15) is 47.0 Å². The summed E-state index contributed by atoms with van der Waals surface area (Å²) < 4.78 is 5.23. The van der Waals surface area contributed by atoms with Gasteiger partial charge in [-0.3, -0.25) is 19.3 Å². The first kappa shape index (κ1) is 20.4. The van der Waals surface area contributed by atoms with Gasteiger partial charge in [-0.25, -0.2) is 4.79 Å². The van der Waals surface area contributed by atoms with E-state index in [1.807, 2.05) is 24.3 Å². The number of imide groups is 1. The SMILES string of the molecule is O=C(OCC(=O)c1c[nH]c2ccccc12)c1cccc(CN2C(=O)c3ccccc3C2=O)c1. The average Bonchev–Trinajstić information content (AvgIpc) is 3.38. The Bertz CT molecular complexity index is 1400. The first-order valence-electron chi connectivity index (χ1n) is 10.3. The average molecular weight is 438 g/mol. The molecule has 0 bridgehead atoms. The number of amides is 2. The number of esters is 1. The van der Waals surface area contributed by atoms with E-state index in [9.17, 15) is 19.2 Å². The number of ketones is 1. The summed E-state index contributed by atoms with van der Waals surface area (Å²) in [6.07, 6.45) is 1.60. The molecule has 0 unspecified atom stereocenters. The van der Waals surface area contributed by atoms with E-state index in [4.69, 9.17) is 4.74 Å². The fourth-order valence-corrected chi connectivity index (χ4v) is 3.96. The van der Waals surface area contributed by atoms with Crippen LogP contribution in [-0.2, 0) is 11.3 Å². The highest BCUT2D eigenvalue weighted by Gasteiger charge is 2.35. The minimum atomic E-state index is -0.660. The summed E-state index contributed by atoms with van der Waals surface area (Å²) >= 11 is 0. The van der Waals surface area contributed by atoms with Crippen molar-refractivity contribution in [1.29, 1.82) is 0 Å². The van der Waals surface area contributed by atoms with Gasteiger partial charge in [0.05, 0.1) is 23.2 Å². The van der Waals surface area contributed by atoms with Gasteiger partial charge in [-0.15, -0.1) is 0 Å². The largest absolute Gasteiger partial charge is 0.454 e. The molecule has 3 aromatic carbocycles. The second-order valence-electron chi connectivity index (χ2n) is 7.69. The Morgan fingerprint density at radius 3 is 2.30 bits per heavy atom. The number of nitrogens with one attached hydrogen (secondary N) is 1. The predicted octanol–water partition coefficient (Wildman–Crippen LogP) is 4.00. The molecule has 2 heterocycles. The summed E-state index contributed by atoms with van der Waals surface area (Å²) in [6.45, 7) is -0.370. The molecule has 0 spiro atoms. The van der Waals surface area contributed by atoms with Gasteiger partial charge in [-0.05, 0) is 35.9 Å². The topological polar surface area (TPSA) is 96.5 Å². The maximum atomic E-state index is 12.6. The first-order chi connectivity index (χ1) is 16.0. The molecule has 1 aliphatic heterocycles. The van der Waals surface area contributed by atoms with Gasteiger partial charge in [-0.1, -0.05) is 42.5 Å². The highest BCUT2D eigenvalue weighted by molar-refractivity contribution is 6.21. The lowest BCUT2D eigenvalue weighted by Gasteiger charge is -2.14. The maximum absolute atomic E-state index is 12.6. The second kappa shape index (κ2) is 8.20. The van der Waals surface area contributed by atoms with Crippen LogP contribution in [0, 0.1) is 0 Å². The lowest BCUT2D eigenvalue weighted by atomic mass is 10.1. The first-order valence-corrected chi connectivity index (χ1v) is 10.3. The number of benzene rings is 3. The number of carbonyl (C=O) groups excluding carboxylic acids is 4. The smallest absolute Gasteiger partial charge is 0.338 e. The lowest BCUT2D eigenvalue weighted by molar-refractivity contribution is 0.0475. The van der Waals surface area contributed by atoms with Crippen molar-refractivity contribution in [2.45, 2.75) is 6.54 Å². The fourth-order valence-electron chi connectivity index (χ4n) is 3.96. The monoisotopic (exact) mass is 438 g/mol. The van der Waals surface area contributed by atoms with Crippen LogP contribution in [0.2, 0.25) is 0 Å². The molecule has 4 aromatic rings. The van der Waals surface area contributed by atoms with Crippen LogP contribution in [0.15, 0.2) is 79.0 Å². The van der Waals surface area contributed by atoms with Crippen molar-refractivity contribution in [3.05, 3.63) is 107 Å². The molecule has 1 aliphatic rings. The van der Waals surface area contributed by atoms with E-state index in [0.717, 1.165) is 15.8 Å². The number of hydrogen-bond acceptors (Lipinski definition) is 5. The zero-order chi connectivity index (χ0) is 22.9. The van der Waals surface area contributed by atoms with Crippen LogP contribution in [0.3, 0.4) is 0 Å². The molecule has 162 valence electrons.